The molecule has 0 aliphatic heterocycles. The van der Waals surface area contributed by atoms with Gasteiger partial charge in [-0.05, 0) is 19.1 Å². The molecule has 0 aromatic carbocycles. The van der Waals surface area contributed by atoms with Crippen LogP contribution < -0.4 is 0 Å². The fourth-order valence-corrected chi connectivity index (χ4v) is 0.817. The number of hydrogen-bond acceptors (Lipinski definition) is 5. The summed E-state index contributed by atoms with van der Waals surface area (Å²) in [6.07, 6.45) is 1.59. The standard InChI is InChI=1S/C7H6N4O/c1-5-9-7(12-11-5)6-3-2-4-8-10-6/h2-4H,1H3. The summed E-state index contributed by atoms with van der Waals surface area (Å²) >= 11 is 0. The second-order valence-corrected chi connectivity index (χ2v) is 2.26. The van der Waals surface area contributed by atoms with Gasteiger partial charge in [0, 0.05) is 6.20 Å². The van der Waals surface area contributed by atoms with Crippen molar-refractivity contribution in [2.24, 2.45) is 0 Å². The number of aromatic nitrogens is 4. The maximum absolute atomic E-state index is 4.89. The molecule has 0 N–H and O–H groups in total. The zero-order valence-electron chi connectivity index (χ0n) is 6.43. The van der Waals surface area contributed by atoms with E-state index in [9.17, 15) is 0 Å². The molecule has 2 rings (SSSR count). The fraction of sp³-hybridized carbons (Fsp3) is 0.143. The molecule has 2 aromatic rings. The van der Waals surface area contributed by atoms with Gasteiger partial charge in [-0.3, -0.25) is 0 Å². The maximum Gasteiger partial charge on any atom is 0.278 e. The second-order valence-electron chi connectivity index (χ2n) is 2.26. The summed E-state index contributed by atoms with van der Waals surface area (Å²) < 4.78 is 4.89. The Morgan fingerprint density at radius 1 is 1.42 bits per heavy atom. The molecule has 0 amide bonds. The quantitative estimate of drug-likeness (QED) is 0.621. The molecule has 0 saturated carbocycles. The zero-order chi connectivity index (χ0) is 8.39. The SMILES string of the molecule is Cc1noc(-c2cccnn2)n1. The molecule has 60 valence electrons. The Bertz CT molecular complexity index is 370. The van der Waals surface area contributed by atoms with Gasteiger partial charge >= 0.3 is 0 Å². The lowest BCUT2D eigenvalue weighted by atomic mass is 10.4. The lowest BCUT2D eigenvalue weighted by molar-refractivity contribution is 0.424. The number of nitrogens with zero attached hydrogens (tertiary/aromatic N) is 4. The first-order chi connectivity index (χ1) is 5.86. The van der Waals surface area contributed by atoms with Crippen molar-refractivity contribution >= 4 is 0 Å². The summed E-state index contributed by atoms with van der Waals surface area (Å²) in [7, 11) is 0. The zero-order valence-corrected chi connectivity index (χ0v) is 6.43. The highest BCUT2D eigenvalue weighted by Crippen LogP contribution is 2.11. The van der Waals surface area contributed by atoms with E-state index in [1.54, 1.807) is 25.3 Å². The van der Waals surface area contributed by atoms with Crippen molar-refractivity contribution in [1.82, 2.24) is 20.3 Å². The molecule has 0 unspecified atom stereocenters. The molecule has 5 nitrogen and oxygen atoms in total. The summed E-state index contributed by atoms with van der Waals surface area (Å²) in [4.78, 5) is 4.00. The van der Waals surface area contributed by atoms with Gasteiger partial charge in [0.1, 0.15) is 0 Å². The predicted molar refractivity (Wildman–Crippen MR) is 40.1 cm³/mol. The minimum absolute atomic E-state index is 0.403. The average molecular weight is 162 g/mol. The van der Waals surface area contributed by atoms with E-state index in [4.69, 9.17) is 4.52 Å². The van der Waals surface area contributed by atoms with Gasteiger partial charge in [0.05, 0.1) is 0 Å². The lowest BCUT2D eigenvalue weighted by Crippen LogP contribution is -1.85. The molecular weight excluding hydrogens is 156 g/mol. The summed E-state index contributed by atoms with van der Waals surface area (Å²) in [6.45, 7) is 1.75. The second kappa shape index (κ2) is 2.69. The highest BCUT2D eigenvalue weighted by atomic mass is 16.5. The Morgan fingerprint density at radius 3 is 2.92 bits per heavy atom. The molecule has 0 aliphatic rings. The molecule has 12 heavy (non-hydrogen) atoms. The average Bonchev–Trinajstić information content (AvgIpc) is 2.54. The molecule has 0 radical (unpaired) electrons. The van der Waals surface area contributed by atoms with Crippen LogP contribution >= 0.6 is 0 Å². The molecule has 0 atom stereocenters. The van der Waals surface area contributed by atoms with E-state index >= 15 is 0 Å². The van der Waals surface area contributed by atoms with Gasteiger partial charge in [-0.25, -0.2) is 0 Å². The van der Waals surface area contributed by atoms with Gasteiger partial charge in [0.15, 0.2) is 11.5 Å². The van der Waals surface area contributed by atoms with Crippen LogP contribution in [-0.2, 0) is 0 Å². The first kappa shape index (κ1) is 6.90. The van der Waals surface area contributed by atoms with Gasteiger partial charge in [-0.15, -0.1) is 5.10 Å². The van der Waals surface area contributed by atoms with E-state index in [0.29, 0.717) is 17.4 Å². The molecule has 0 saturated heterocycles. The Morgan fingerprint density at radius 2 is 2.33 bits per heavy atom. The lowest BCUT2D eigenvalue weighted by Gasteiger charge is -1.87. The Kier molecular flexibility index (Phi) is 1.55. The summed E-state index contributed by atoms with van der Waals surface area (Å²) in [5, 5.41) is 11.1. The molecule has 0 aliphatic carbocycles. The normalized spacial score (nSPS) is 10.1. The van der Waals surface area contributed by atoms with Gasteiger partial charge in [-0.2, -0.15) is 10.1 Å². The van der Waals surface area contributed by atoms with Crippen LogP contribution in [-0.4, -0.2) is 20.3 Å². The molecule has 0 spiro atoms. The minimum atomic E-state index is 0.403. The Balaban J connectivity index is 2.45. The van der Waals surface area contributed by atoms with Crippen molar-refractivity contribution in [3.05, 3.63) is 24.2 Å². The summed E-state index contributed by atoms with van der Waals surface area (Å²) in [5.41, 5.74) is 0.595. The third kappa shape index (κ3) is 1.16. The van der Waals surface area contributed by atoms with E-state index in [0.717, 1.165) is 0 Å². The van der Waals surface area contributed by atoms with Gasteiger partial charge in [0.2, 0.25) is 0 Å². The molecule has 5 heteroatoms. The van der Waals surface area contributed by atoms with Crippen molar-refractivity contribution in [3.63, 3.8) is 0 Å². The third-order valence-corrected chi connectivity index (χ3v) is 1.32. The highest BCUT2D eigenvalue weighted by molar-refractivity contribution is 5.44. The van der Waals surface area contributed by atoms with Crippen molar-refractivity contribution in [1.29, 1.82) is 0 Å². The maximum atomic E-state index is 4.89. The number of hydrogen-bond donors (Lipinski definition) is 0. The molecule has 0 fully saturated rings. The molecule has 2 heterocycles. The summed E-state index contributed by atoms with van der Waals surface area (Å²) in [5.74, 6) is 0.997. The van der Waals surface area contributed by atoms with Crippen LogP contribution in [0.4, 0.5) is 0 Å². The van der Waals surface area contributed by atoms with Crippen LogP contribution in [0.5, 0.6) is 0 Å². The van der Waals surface area contributed by atoms with Crippen LogP contribution in [0.15, 0.2) is 22.9 Å². The van der Waals surface area contributed by atoms with E-state index in [-0.39, 0.29) is 0 Å². The topological polar surface area (TPSA) is 64.7 Å². The number of aryl methyl sites for hydroxylation is 1. The van der Waals surface area contributed by atoms with Crippen LogP contribution in [0.1, 0.15) is 5.82 Å². The summed E-state index contributed by atoms with van der Waals surface area (Å²) in [6, 6.07) is 3.53. The smallest absolute Gasteiger partial charge is 0.278 e. The van der Waals surface area contributed by atoms with Crippen LogP contribution in [0, 0.1) is 6.92 Å². The Hall–Kier alpha value is -1.78. The van der Waals surface area contributed by atoms with Gasteiger partial charge < -0.3 is 4.52 Å². The van der Waals surface area contributed by atoms with Crippen molar-refractivity contribution in [3.8, 4) is 11.6 Å². The van der Waals surface area contributed by atoms with Gasteiger partial charge in [-0.1, -0.05) is 5.16 Å². The fourth-order valence-electron chi connectivity index (χ4n) is 0.817. The van der Waals surface area contributed by atoms with Crippen molar-refractivity contribution in [2.75, 3.05) is 0 Å². The Labute approximate surface area is 68.4 Å². The van der Waals surface area contributed by atoms with Crippen LogP contribution in [0.25, 0.3) is 11.6 Å². The van der Waals surface area contributed by atoms with E-state index < -0.39 is 0 Å². The minimum Gasteiger partial charge on any atom is -0.332 e. The van der Waals surface area contributed by atoms with Crippen LogP contribution in [0.3, 0.4) is 0 Å². The number of rotatable bonds is 1. The predicted octanol–water partition coefficient (Wildman–Crippen LogP) is 0.835. The monoisotopic (exact) mass is 162 g/mol. The molecular formula is C7H6N4O. The van der Waals surface area contributed by atoms with Gasteiger partial charge in [0.25, 0.3) is 5.89 Å². The largest absolute Gasteiger partial charge is 0.332 e. The van der Waals surface area contributed by atoms with E-state index in [1.807, 2.05) is 0 Å². The van der Waals surface area contributed by atoms with Crippen molar-refractivity contribution < 1.29 is 4.52 Å². The third-order valence-electron chi connectivity index (χ3n) is 1.32. The van der Waals surface area contributed by atoms with Crippen molar-refractivity contribution in [2.45, 2.75) is 6.92 Å². The van der Waals surface area contributed by atoms with Crippen LogP contribution in [0.2, 0.25) is 0 Å². The first-order valence-corrected chi connectivity index (χ1v) is 3.44. The molecule has 0 bridgehead atoms. The van der Waals surface area contributed by atoms with E-state index in [1.165, 1.54) is 0 Å². The first-order valence-electron chi connectivity index (χ1n) is 3.44. The highest BCUT2D eigenvalue weighted by Gasteiger charge is 2.05. The van der Waals surface area contributed by atoms with E-state index in [2.05, 4.69) is 20.3 Å². The molecule has 2 aromatic heterocycles.